The van der Waals surface area contributed by atoms with Gasteiger partial charge in [-0.15, -0.1) is 0 Å². The fourth-order valence-corrected chi connectivity index (χ4v) is 1.92. The van der Waals surface area contributed by atoms with Crippen LogP contribution in [0.4, 0.5) is 15.8 Å². The summed E-state index contributed by atoms with van der Waals surface area (Å²) in [7, 11) is 1.76. The number of benzene rings is 2. The van der Waals surface area contributed by atoms with E-state index in [1.165, 1.54) is 12.1 Å². The Bertz CT molecular complexity index is 634. The molecule has 0 fully saturated rings. The topological polar surface area (TPSA) is 47.3 Å². The Morgan fingerprint density at radius 1 is 1.26 bits per heavy atom. The highest BCUT2D eigenvalue weighted by Gasteiger charge is 2.10. The van der Waals surface area contributed by atoms with Crippen molar-refractivity contribution in [2.24, 2.45) is 0 Å². The zero-order valence-electron chi connectivity index (χ0n) is 10.5. The Balaban J connectivity index is 2.47. The van der Waals surface area contributed by atoms with Crippen molar-refractivity contribution in [3.05, 3.63) is 59.4 Å². The molecule has 0 heterocycles. The summed E-state index contributed by atoms with van der Waals surface area (Å²) in [4.78, 5) is 1.72. The van der Waals surface area contributed by atoms with Crippen molar-refractivity contribution in [2.75, 3.05) is 11.9 Å². The molecule has 0 radical (unpaired) electrons. The summed E-state index contributed by atoms with van der Waals surface area (Å²) in [6, 6.07) is 13.5. The van der Waals surface area contributed by atoms with Crippen LogP contribution < -0.4 is 4.90 Å². The molecule has 1 N–H and O–H groups in total. The lowest BCUT2D eigenvalue weighted by Gasteiger charge is -2.21. The van der Waals surface area contributed by atoms with E-state index in [1.54, 1.807) is 36.2 Å². The highest BCUT2D eigenvalue weighted by Crippen LogP contribution is 2.28. The van der Waals surface area contributed by atoms with Crippen LogP contribution in [0, 0.1) is 17.1 Å². The molecule has 4 heteroatoms. The number of aliphatic hydroxyl groups is 1. The lowest BCUT2D eigenvalue weighted by Crippen LogP contribution is -2.11. The van der Waals surface area contributed by atoms with Gasteiger partial charge in [0.1, 0.15) is 11.9 Å². The second-order valence-electron chi connectivity index (χ2n) is 4.16. The van der Waals surface area contributed by atoms with Gasteiger partial charge in [0, 0.05) is 12.7 Å². The number of aliphatic hydroxyl groups excluding tert-OH is 1. The maximum Gasteiger partial charge on any atom is 0.125 e. The first-order chi connectivity index (χ1) is 9.15. The van der Waals surface area contributed by atoms with Gasteiger partial charge in [-0.3, -0.25) is 0 Å². The average Bonchev–Trinajstić information content (AvgIpc) is 2.45. The third-order valence-corrected chi connectivity index (χ3v) is 2.90. The minimum absolute atomic E-state index is 0.224. The first-order valence-corrected chi connectivity index (χ1v) is 5.79. The van der Waals surface area contributed by atoms with Crippen molar-refractivity contribution in [1.29, 1.82) is 5.26 Å². The lowest BCUT2D eigenvalue weighted by molar-refractivity contribution is 0.281. The van der Waals surface area contributed by atoms with E-state index >= 15 is 0 Å². The van der Waals surface area contributed by atoms with Gasteiger partial charge in [0.05, 0.1) is 17.9 Å². The molecule has 0 amide bonds. The van der Waals surface area contributed by atoms with E-state index in [9.17, 15) is 4.39 Å². The molecule has 0 aliphatic carbocycles. The molecular weight excluding hydrogens is 243 g/mol. The van der Waals surface area contributed by atoms with Crippen molar-refractivity contribution >= 4 is 11.4 Å². The number of anilines is 2. The largest absolute Gasteiger partial charge is 0.392 e. The molecule has 0 bridgehead atoms. The van der Waals surface area contributed by atoms with Gasteiger partial charge in [-0.2, -0.15) is 5.26 Å². The van der Waals surface area contributed by atoms with Gasteiger partial charge in [-0.25, -0.2) is 4.39 Å². The van der Waals surface area contributed by atoms with E-state index in [-0.39, 0.29) is 6.61 Å². The molecule has 2 aromatic carbocycles. The second-order valence-corrected chi connectivity index (χ2v) is 4.16. The Morgan fingerprint density at radius 2 is 2.00 bits per heavy atom. The number of rotatable bonds is 3. The van der Waals surface area contributed by atoms with Crippen LogP contribution in [-0.2, 0) is 6.61 Å². The van der Waals surface area contributed by atoms with Crippen LogP contribution in [0.5, 0.6) is 0 Å². The number of nitrogens with zero attached hydrogens (tertiary/aromatic N) is 2. The van der Waals surface area contributed by atoms with Gasteiger partial charge in [-0.05, 0) is 35.9 Å². The van der Waals surface area contributed by atoms with Gasteiger partial charge in [0.2, 0.25) is 0 Å². The predicted octanol–water partition coefficient (Wildman–Crippen LogP) is 2.96. The summed E-state index contributed by atoms with van der Waals surface area (Å²) in [5, 5.41) is 18.2. The van der Waals surface area contributed by atoms with Gasteiger partial charge in [0.15, 0.2) is 0 Å². The van der Waals surface area contributed by atoms with Crippen molar-refractivity contribution in [1.82, 2.24) is 0 Å². The summed E-state index contributed by atoms with van der Waals surface area (Å²) in [5.41, 5.74) is 2.29. The van der Waals surface area contributed by atoms with Crippen molar-refractivity contribution in [3.63, 3.8) is 0 Å². The van der Waals surface area contributed by atoms with Crippen LogP contribution in [0.3, 0.4) is 0 Å². The standard InChI is InChI=1S/C15H13FN2O/c1-18(15-5-3-2-4-12(15)9-17)14-7-11(10-19)6-13(16)8-14/h2-8,19H,10H2,1H3. The minimum atomic E-state index is -0.414. The fraction of sp³-hybridized carbons (Fsp3) is 0.133. The Morgan fingerprint density at radius 3 is 2.68 bits per heavy atom. The zero-order valence-corrected chi connectivity index (χ0v) is 10.5. The van der Waals surface area contributed by atoms with Crippen LogP contribution in [0.2, 0.25) is 0 Å². The minimum Gasteiger partial charge on any atom is -0.392 e. The van der Waals surface area contributed by atoms with Crippen LogP contribution in [0.25, 0.3) is 0 Å². The molecule has 96 valence electrons. The van der Waals surface area contributed by atoms with Crippen LogP contribution in [0.15, 0.2) is 42.5 Å². The van der Waals surface area contributed by atoms with Crippen molar-refractivity contribution in [2.45, 2.75) is 6.61 Å². The summed E-state index contributed by atoms with van der Waals surface area (Å²) in [5.74, 6) is -0.414. The van der Waals surface area contributed by atoms with Crippen molar-refractivity contribution < 1.29 is 9.50 Å². The molecule has 0 aliphatic rings. The molecule has 3 nitrogen and oxygen atoms in total. The molecule has 19 heavy (non-hydrogen) atoms. The number of hydrogen-bond donors (Lipinski definition) is 1. The Labute approximate surface area is 111 Å². The number of nitriles is 1. The summed E-state index contributed by atoms with van der Waals surface area (Å²) < 4.78 is 13.5. The monoisotopic (exact) mass is 256 g/mol. The lowest BCUT2D eigenvalue weighted by atomic mass is 10.1. The highest BCUT2D eigenvalue weighted by atomic mass is 19.1. The van der Waals surface area contributed by atoms with E-state index in [4.69, 9.17) is 10.4 Å². The molecule has 2 aromatic rings. The molecule has 0 atom stereocenters. The zero-order chi connectivity index (χ0) is 13.8. The smallest absolute Gasteiger partial charge is 0.125 e. The summed E-state index contributed by atoms with van der Waals surface area (Å²) in [6.07, 6.45) is 0. The van der Waals surface area contributed by atoms with Crippen LogP contribution in [-0.4, -0.2) is 12.2 Å². The Hall–Kier alpha value is -2.38. The molecule has 0 aromatic heterocycles. The van der Waals surface area contributed by atoms with Gasteiger partial charge in [0.25, 0.3) is 0 Å². The van der Waals surface area contributed by atoms with E-state index in [0.717, 1.165) is 0 Å². The number of hydrogen-bond acceptors (Lipinski definition) is 3. The molecule has 0 aliphatic heterocycles. The molecule has 0 unspecified atom stereocenters. The van der Waals surface area contributed by atoms with Crippen molar-refractivity contribution in [3.8, 4) is 6.07 Å². The van der Waals surface area contributed by atoms with Gasteiger partial charge >= 0.3 is 0 Å². The molecule has 0 saturated heterocycles. The average molecular weight is 256 g/mol. The van der Waals surface area contributed by atoms with E-state index in [1.807, 2.05) is 6.07 Å². The second kappa shape index (κ2) is 5.51. The maximum atomic E-state index is 13.5. The first kappa shape index (κ1) is 13.1. The number of halogens is 1. The molecular formula is C15H13FN2O. The maximum absolute atomic E-state index is 13.5. The predicted molar refractivity (Wildman–Crippen MR) is 71.5 cm³/mol. The summed E-state index contributed by atoms with van der Waals surface area (Å²) >= 11 is 0. The van der Waals surface area contributed by atoms with E-state index in [0.29, 0.717) is 22.5 Å². The normalized spacial score (nSPS) is 10.0. The van der Waals surface area contributed by atoms with Crippen LogP contribution >= 0.6 is 0 Å². The van der Waals surface area contributed by atoms with Crippen LogP contribution in [0.1, 0.15) is 11.1 Å². The third kappa shape index (κ3) is 2.72. The fourth-order valence-electron chi connectivity index (χ4n) is 1.92. The third-order valence-electron chi connectivity index (χ3n) is 2.90. The van der Waals surface area contributed by atoms with Gasteiger partial charge < -0.3 is 10.0 Å². The molecule has 0 spiro atoms. The quantitative estimate of drug-likeness (QED) is 0.918. The molecule has 2 rings (SSSR count). The van der Waals surface area contributed by atoms with E-state index < -0.39 is 5.82 Å². The first-order valence-electron chi connectivity index (χ1n) is 5.79. The SMILES string of the molecule is CN(c1cc(F)cc(CO)c1)c1ccccc1C#N. The van der Waals surface area contributed by atoms with E-state index in [2.05, 4.69) is 6.07 Å². The summed E-state index contributed by atoms with van der Waals surface area (Å²) in [6.45, 7) is -0.224. The van der Waals surface area contributed by atoms with Gasteiger partial charge in [-0.1, -0.05) is 12.1 Å². The molecule has 0 saturated carbocycles. The Kier molecular flexibility index (Phi) is 3.79. The number of para-hydroxylation sites is 1. The highest BCUT2D eigenvalue weighted by molar-refractivity contribution is 5.69.